The maximum absolute atomic E-state index is 13.0. The first-order valence-electron chi connectivity index (χ1n) is 10.6. The number of hydrogen-bond donors (Lipinski definition) is 1. The molecule has 1 unspecified atom stereocenters. The van der Waals surface area contributed by atoms with Crippen molar-refractivity contribution >= 4 is 29.8 Å². The summed E-state index contributed by atoms with van der Waals surface area (Å²) in [5.74, 6) is 1.02. The molecular formula is C24H26ClN3O6. The first kappa shape index (κ1) is 24.9. The fourth-order valence-corrected chi connectivity index (χ4v) is 3.82. The molecule has 2 aromatic rings. The van der Waals surface area contributed by atoms with E-state index in [-0.39, 0.29) is 13.1 Å². The van der Waals surface area contributed by atoms with Gasteiger partial charge in [-0.05, 0) is 61.4 Å². The number of hydrogen-bond acceptors (Lipinski definition) is 5. The number of nitrogens with zero attached hydrogens (tertiary/aromatic N) is 3. The van der Waals surface area contributed by atoms with Gasteiger partial charge < -0.3 is 24.4 Å². The number of ether oxygens (including phenoxy) is 2. The highest BCUT2D eigenvalue weighted by Crippen LogP contribution is 2.32. The maximum Gasteiger partial charge on any atom is 0.419 e. The molecule has 1 atom stereocenters. The van der Waals surface area contributed by atoms with Crippen LogP contribution in [-0.4, -0.2) is 65.3 Å². The van der Waals surface area contributed by atoms with Crippen LogP contribution in [0.15, 0.2) is 60.3 Å². The van der Waals surface area contributed by atoms with Gasteiger partial charge in [-0.25, -0.2) is 19.3 Å². The molecule has 0 radical (unpaired) electrons. The van der Waals surface area contributed by atoms with Gasteiger partial charge in [0.25, 0.3) is 0 Å². The lowest BCUT2D eigenvalue weighted by molar-refractivity contribution is 0.123. The average Bonchev–Trinajstić information content (AvgIpc) is 2.80. The molecule has 1 aliphatic heterocycles. The fraction of sp³-hybridized carbons (Fsp3) is 0.292. The predicted molar refractivity (Wildman–Crippen MR) is 126 cm³/mol. The van der Waals surface area contributed by atoms with E-state index in [1.165, 1.54) is 9.80 Å². The average molecular weight is 488 g/mol. The summed E-state index contributed by atoms with van der Waals surface area (Å²) in [4.78, 5) is 40.6. The van der Waals surface area contributed by atoms with Crippen molar-refractivity contribution in [3.63, 3.8) is 0 Å². The molecule has 3 rings (SSSR count). The summed E-state index contributed by atoms with van der Waals surface area (Å²) < 4.78 is 10.4. The van der Waals surface area contributed by atoms with Crippen LogP contribution in [0.3, 0.4) is 0 Å². The summed E-state index contributed by atoms with van der Waals surface area (Å²) >= 11 is 6.13. The monoisotopic (exact) mass is 487 g/mol. The van der Waals surface area contributed by atoms with Gasteiger partial charge in [-0.1, -0.05) is 23.7 Å². The molecule has 0 aromatic heterocycles. The number of halogens is 1. The van der Waals surface area contributed by atoms with Crippen LogP contribution in [0.2, 0.25) is 5.02 Å². The molecule has 180 valence electrons. The van der Waals surface area contributed by atoms with E-state index in [4.69, 9.17) is 21.1 Å². The van der Waals surface area contributed by atoms with Gasteiger partial charge in [-0.2, -0.15) is 0 Å². The predicted octanol–water partition coefficient (Wildman–Crippen LogP) is 5.23. The van der Waals surface area contributed by atoms with Crippen molar-refractivity contribution in [1.82, 2.24) is 14.7 Å². The van der Waals surface area contributed by atoms with Crippen LogP contribution < -0.4 is 9.47 Å². The standard InChI is InChI=1S/C24H26ClN3O6/c1-16-14-21(17-6-4-7-18(25)15-17)27(22(29)28(16)23(30)31)13-5-12-26(2)24(32)34-20-10-8-19(33-3)9-11-20/h4,6-11,14-15,21H,5,12-13H2,1-3H3,(H,30,31). The number of imide groups is 1. The first-order valence-corrected chi connectivity index (χ1v) is 10.9. The zero-order valence-corrected chi connectivity index (χ0v) is 19.9. The molecule has 34 heavy (non-hydrogen) atoms. The van der Waals surface area contributed by atoms with E-state index in [0.717, 1.165) is 5.56 Å². The van der Waals surface area contributed by atoms with Gasteiger partial charge >= 0.3 is 18.2 Å². The third kappa shape index (κ3) is 5.79. The number of methoxy groups -OCH3 is 1. The minimum atomic E-state index is -1.35. The minimum Gasteiger partial charge on any atom is -0.497 e. The molecule has 0 saturated heterocycles. The number of rotatable bonds is 7. The topological polar surface area (TPSA) is 99.6 Å². The summed E-state index contributed by atoms with van der Waals surface area (Å²) in [6, 6.07) is 12.6. The van der Waals surface area contributed by atoms with E-state index in [0.29, 0.717) is 33.5 Å². The van der Waals surface area contributed by atoms with Crippen LogP contribution in [0, 0.1) is 0 Å². The lowest BCUT2D eigenvalue weighted by Crippen LogP contribution is -2.50. The molecule has 0 spiro atoms. The van der Waals surface area contributed by atoms with Gasteiger partial charge in [0, 0.05) is 30.9 Å². The van der Waals surface area contributed by atoms with E-state index < -0.39 is 24.3 Å². The second-order valence-corrected chi connectivity index (χ2v) is 8.16. The highest BCUT2D eigenvalue weighted by Gasteiger charge is 2.36. The van der Waals surface area contributed by atoms with Crippen molar-refractivity contribution in [2.75, 3.05) is 27.2 Å². The smallest absolute Gasteiger partial charge is 0.419 e. The van der Waals surface area contributed by atoms with Gasteiger partial charge in [0.1, 0.15) is 11.5 Å². The fourth-order valence-electron chi connectivity index (χ4n) is 3.62. The largest absolute Gasteiger partial charge is 0.497 e. The van der Waals surface area contributed by atoms with Crippen molar-refractivity contribution in [1.29, 1.82) is 0 Å². The molecular weight excluding hydrogens is 462 g/mol. The molecule has 1 heterocycles. The molecule has 4 amide bonds. The lowest BCUT2D eigenvalue weighted by Gasteiger charge is -2.38. The molecule has 0 saturated carbocycles. The molecule has 1 N–H and O–H groups in total. The molecule has 9 nitrogen and oxygen atoms in total. The van der Waals surface area contributed by atoms with Gasteiger partial charge in [0.05, 0.1) is 13.2 Å². The number of carbonyl (C=O) groups excluding carboxylic acids is 2. The van der Waals surface area contributed by atoms with Crippen LogP contribution in [0.25, 0.3) is 0 Å². The second-order valence-electron chi connectivity index (χ2n) is 7.72. The van der Waals surface area contributed by atoms with Crippen molar-refractivity contribution < 1.29 is 29.0 Å². The van der Waals surface area contributed by atoms with Crippen molar-refractivity contribution in [2.24, 2.45) is 0 Å². The van der Waals surface area contributed by atoms with Gasteiger partial charge in [0.2, 0.25) is 0 Å². The lowest BCUT2D eigenvalue weighted by atomic mass is 10.0. The highest BCUT2D eigenvalue weighted by atomic mass is 35.5. The molecule has 0 bridgehead atoms. The SMILES string of the molecule is COc1ccc(OC(=O)N(C)CCCN2C(=O)N(C(=O)O)C(C)=CC2c2cccc(Cl)c2)cc1. The quantitative estimate of drug-likeness (QED) is 0.574. The third-order valence-electron chi connectivity index (χ3n) is 5.37. The third-order valence-corrected chi connectivity index (χ3v) is 5.61. The Bertz CT molecular complexity index is 1090. The van der Waals surface area contributed by atoms with E-state index in [1.54, 1.807) is 69.6 Å². The van der Waals surface area contributed by atoms with E-state index >= 15 is 0 Å². The Hall–Kier alpha value is -3.72. The van der Waals surface area contributed by atoms with E-state index in [1.807, 2.05) is 6.07 Å². The highest BCUT2D eigenvalue weighted by molar-refractivity contribution is 6.30. The maximum atomic E-state index is 13.0. The Morgan fingerprint density at radius 2 is 1.82 bits per heavy atom. The van der Waals surface area contributed by atoms with Crippen LogP contribution in [0.4, 0.5) is 14.4 Å². The molecule has 2 aromatic carbocycles. The van der Waals surface area contributed by atoms with Crippen molar-refractivity contribution in [2.45, 2.75) is 19.4 Å². The Balaban J connectivity index is 1.67. The number of amides is 4. The zero-order chi connectivity index (χ0) is 24.8. The number of carboxylic acid groups (broad SMARTS) is 1. The Morgan fingerprint density at radius 1 is 1.15 bits per heavy atom. The Kier molecular flexibility index (Phi) is 8.01. The minimum absolute atomic E-state index is 0.212. The summed E-state index contributed by atoms with van der Waals surface area (Å²) in [5.41, 5.74) is 1.08. The van der Waals surface area contributed by atoms with Gasteiger partial charge in [-0.3, -0.25) is 0 Å². The number of carbonyl (C=O) groups is 3. The Morgan fingerprint density at radius 3 is 2.44 bits per heavy atom. The van der Waals surface area contributed by atoms with Gasteiger partial charge in [0.15, 0.2) is 0 Å². The molecule has 10 heteroatoms. The van der Waals surface area contributed by atoms with E-state index in [2.05, 4.69) is 0 Å². The zero-order valence-electron chi connectivity index (χ0n) is 19.1. The normalized spacial score (nSPS) is 15.6. The summed E-state index contributed by atoms with van der Waals surface area (Å²) in [5, 5.41) is 10.0. The first-order chi connectivity index (χ1) is 16.2. The van der Waals surface area contributed by atoms with Crippen LogP contribution in [0.1, 0.15) is 24.9 Å². The molecule has 0 aliphatic carbocycles. The Labute approximate surface area is 202 Å². The number of benzene rings is 2. The second kappa shape index (κ2) is 10.9. The van der Waals surface area contributed by atoms with Crippen molar-refractivity contribution in [3.05, 3.63) is 70.9 Å². The van der Waals surface area contributed by atoms with Crippen LogP contribution >= 0.6 is 11.6 Å². The molecule has 1 aliphatic rings. The van der Waals surface area contributed by atoms with Crippen molar-refractivity contribution in [3.8, 4) is 11.5 Å². The summed E-state index contributed by atoms with van der Waals surface area (Å²) in [6.45, 7) is 2.07. The number of urea groups is 1. The summed E-state index contributed by atoms with van der Waals surface area (Å²) in [7, 11) is 3.14. The van der Waals surface area contributed by atoms with Crippen LogP contribution in [-0.2, 0) is 0 Å². The number of allylic oxidation sites excluding steroid dienone is 1. The van der Waals surface area contributed by atoms with Crippen LogP contribution in [0.5, 0.6) is 11.5 Å². The molecule has 0 fully saturated rings. The van der Waals surface area contributed by atoms with Gasteiger partial charge in [-0.15, -0.1) is 0 Å². The van der Waals surface area contributed by atoms with E-state index in [9.17, 15) is 19.5 Å². The summed E-state index contributed by atoms with van der Waals surface area (Å²) in [6.07, 6.45) is 0.207.